The first-order chi connectivity index (χ1) is 17.4. The van der Waals surface area contributed by atoms with E-state index in [1.54, 1.807) is 0 Å². The number of nitrogens with zero attached hydrogens (tertiary/aromatic N) is 2. The monoisotopic (exact) mass is 552 g/mol. The molecule has 0 aromatic carbocycles. The van der Waals surface area contributed by atoms with Crippen molar-refractivity contribution in [2.45, 2.75) is 116 Å². The molecular weight excluding hydrogens is 504 g/mol. The molecule has 0 spiro atoms. The van der Waals surface area contributed by atoms with Gasteiger partial charge in [0.05, 0.1) is 17.3 Å². The van der Waals surface area contributed by atoms with Gasteiger partial charge in [-0.15, -0.1) is 0 Å². The minimum absolute atomic E-state index is 0. The van der Waals surface area contributed by atoms with Gasteiger partial charge in [0.2, 0.25) is 0 Å². The summed E-state index contributed by atoms with van der Waals surface area (Å²) in [5, 5.41) is 0. The molecule has 2 nitrogen and oxygen atoms in total. The van der Waals surface area contributed by atoms with Gasteiger partial charge in [-0.3, -0.25) is 0 Å². The standard InChI is InChI=1S/C33H49N2.BrH/c1-2-3-4-5-6-7-8-9-10-11-12-13-14-15-16-21-26-34-27-28-35-32-25-20-19-23-30(32)29-22-17-18-24-31(29)33(34)35;/h17-20,24-25H,2-16,21,23,26-28H2,1H3;1H/q+1;/p-1. The van der Waals surface area contributed by atoms with Gasteiger partial charge in [0.1, 0.15) is 5.57 Å². The van der Waals surface area contributed by atoms with Gasteiger partial charge in [0, 0.05) is 44.3 Å². The van der Waals surface area contributed by atoms with Crippen molar-refractivity contribution >= 4 is 0 Å². The topological polar surface area (TPSA) is 6.48 Å². The fourth-order valence-electron chi connectivity index (χ4n) is 6.13. The van der Waals surface area contributed by atoms with Crippen LogP contribution in [0.1, 0.15) is 116 Å². The summed E-state index contributed by atoms with van der Waals surface area (Å²) in [5.41, 5.74) is 5.58. The summed E-state index contributed by atoms with van der Waals surface area (Å²) in [4.78, 5) is 5.22. The highest BCUT2D eigenvalue weighted by atomic mass is 79.9. The molecular formula is C33H49BrN2. The first kappa shape index (κ1) is 29.0. The second kappa shape index (κ2) is 16.3. The number of unbranched alkanes of at least 4 members (excludes halogenated alkanes) is 15. The van der Waals surface area contributed by atoms with Crippen molar-refractivity contribution < 1.29 is 17.0 Å². The van der Waals surface area contributed by atoms with E-state index in [1.807, 2.05) is 0 Å². The molecule has 2 aliphatic heterocycles. The molecule has 4 rings (SSSR count). The van der Waals surface area contributed by atoms with Crippen LogP contribution in [0.3, 0.4) is 0 Å². The lowest BCUT2D eigenvalue weighted by Gasteiger charge is -2.32. The summed E-state index contributed by atoms with van der Waals surface area (Å²) < 4.78 is 0. The molecule has 2 aliphatic carbocycles. The van der Waals surface area contributed by atoms with Gasteiger partial charge in [-0.2, -0.15) is 0 Å². The first-order valence-corrected chi connectivity index (χ1v) is 15.0. The lowest BCUT2D eigenvalue weighted by Crippen LogP contribution is -3.00. The van der Waals surface area contributed by atoms with Crippen molar-refractivity contribution in [3.8, 4) is 0 Å². The van der Waals surface area contributed by atoms with Crippen LogP contribution in [0.15, 0.2) is 64.7 Å². The average Bonchev–Trinajstić information content (AvgIpc) is 3.33. The smallest absolute Gasteiger partial charge is 0.164 e. The zero-order chi connectivity index (χ0) is 24.1. The molecule has 2 heterocycles. The Morgan fingerprint density at radius 1 is 0.750 bits per heavy atom. The summed E-state index contributed by atoms with van der Waals surface area (Å²) in [6.07, 6.45) is 40.8. The van der Waals surface area contributed by atoms with E-state index in [1.165, 1.54) is 138 Å². The van der Waals surface area contributed by atoms with E-state index >= 15 is 0 Å². The second-order valence-electron chi connectivity index (χ2n) is 10.9. The van der Waals surface area contributed by atoms with Crippen LogP contribution in [0.2, 0.25) is 0 Å². The van der Waals surface area contributed by atoms with E-state index < -0.39 is 0 Å². The molecule has 198 valence electrons. The molecule has 0 N–H and O–H groups in total. The van der Waals surface area contributed by atoms with E-state index in [2.05, 4.69) is 59.3 Å². The zero-order valence-corrected chi connectivity index (χ0v) is 24.5. The Labute approximate surface area is 232 Å². The Bertz CT molecular complexity index is 857. The van der Waals surface area contributed by atoms with Gasteiger partial charge >= 0.3 is 0 Å². The van der Waals surface area contributed by atoms with E-state index in [-0.39, 0.29) is 17.0 Å². The van der Waals surface area contributed by atoms with Crippen molar-refractivity contribution in [2.24, 2.45) is 0 Å². The molecule has 3 heteroatoms. The normalized spacial score (nSPS) is 17.6. The van der Waals surface area contributed by atoms with E-state index in [4.69, 9.17) is 0 Å². The highest BCUT2D eigenvalue weighted by Crippen LogP contribution is 2.43. The third kappa shape index (κ3) is 7.96. The van der Waals surface area contributed by atoms with Crippen LogP contribution in [0.5, 0.6) is 0 Å². The minimum atomic E-state index is 0. The fourth-order valence-corrected chi connectivity index (χ4v) is 6.13. The van der Waals surface area contributed by atoms with Crippen LogP contribution in [0.4, 0.5) is 0 Å². The van der Waals surface area contributed by atoms with Crippen molar-refractivity contribution in [3.63, 3.8) is 0 Å². The molecule has 0 atom stereocenters. The first-order valence-electron chi connectivity index (χ1n) is 15.0. The van der Waals surface area contributed by atoms with Crippen LogP contribution in [0, 0.1) is 6.08 Å². The van der Waals surface area contributed by atoms with E-state index in [0.717, 1.165) is 19.5 Å². The highest BCUT2D eigenvalue weighted by Gasteiger charge is 2.41. The summed E-state index contributed by atoms with van der Waals surface area (Å²) in [6, 6.07) is 0. The Balaban J connectivity index is 0.00000361. The molecule has 1 fully saturated rings. The average molecular weight is 554 g/mol. The maximum absolute atomic E-state index is 3.56. The van der Waals surface area contributed by atoms with Gasteiger partial charge in [-0.05, 0) is 12.5 Å². The van der Waals surface area contributed by atoms with Crippen LogP contribution in [-0.4, -0.2) is 29.4 Å². The molecule has 0 aromatic rings. The maximum atomic E-state index is 3.56. The largest absolute Gasteiger partial charge is 1.00 e. The molecule has 36 heavy (non-hydrogen) atoms. The van der Waals surface area contributed by atoms with E-state index in [0.29, 0.717) is 0 Å². The number of hydrogen-bond donors (Lipinski definition) is 0. The predicted octanol–water partition coefficient (Wildman–Crippen LogP) is 6.16. The van der Waals surface area contributed by atoms with Gasteiger partial charge < -0.3 is 26.8 Å². The molecule has 0 radical (unpaired) electrons. The summed E-state index contributed by atoms with van der Waals surface area (Å²) in [6.45, 7) is 5.76. The molecule has 0 unspecified atom stereocenters. The van der Waals surface area contributed by atoms with Crippen LogP contribution >= 0.6 is 0 Å². The molecule has 0 bridgehead atoms. The SMILES string of the molecule is CCCCCCCCCCCCCCCCCCN1CCN2C3=CC=CCC3=C3[C+]=CC=CC3=C12.[Br-]. The van der Waals surface area contributed by atoms with Crippen molar-refractivity contribution in [3.05, 3.63) is 70.8 Å². The Morgan fingerprint density at radius 2 is 1.36 bits per heavy atom. The summed E-state index contributed by atoms with van der Waals surface area (Å²) in [7, 11) is 0. The highest BCUT2D eigenvalue weighted by molar-refractivity contribution is 5.62. The summed E-state index contributed by atoms with van der Waals surface area (Å²) in [5.74, 6) is 1.43. The molecule has 4 aliphatic rings. The number of halogens is 1. The van der Waals surface area contributed by atoms with Gasteiger partial charge in [0.25, 0.3) is 0 Å². The second-order valence-corrected chi connectivity index (χ2v) is 10.9. The Hall–Kier alpha value is -1.57. The zero-order valence-electron chi connectivity index (χ0n) is 22.9. The Morgan fingerprint density at radius 3 is 2.00 bits per heavy atom. The van der Waals surface area contributed by atoms with Crippen molar-refractivity contribution in [2.75, 3.05) is 19.6 Å². The molecule has 0 amide bonds. The predicted molar refractivity (Wildman–Crippen MR) is 151 cm³/mol. The third-order valence-electron chi connectivity index (χ3n) is 8.14. The third-order valence-corrected chi connectivity index (χ3v) is 8.14. The van der Waals surface area contributed by atoms with Crippen LogP contribution in [0.25, 0.3) is 0 Å². The lowest BCUT2D eigenvalue weighted by atomic mass is 9.87. The minimum Gasteiger partial charge on any atom is -1.00 e. The quantitative estimate of drug-likeness (QED) is 0.157. The summed E-state index contributed by atoms with van der Waals surface area (Å²) >= 11 is 0. The maximum Gasteiger partial charge on any atom is 0.164 e. The number of hydrogen-bond acceptors (Lipinski definition) is 2. The Kier molecular flexibility index (Phi) is 13.1. The number of fused-ring (bicyclic) bond motifs is 4. The van der Waals surface area contributed by atoms with Crippen LogP contribution < -0.4 is 17.0 Å². The van der Waals surface area contributed by atoms with Crippen molar-refractivity contribution in [1.29, 1.82) is 0 Å². The van der Waals surface area contributed by atoms with Gasteiger partial charge in [-0.1, -0.05) is 115 Å². The number of rotatable bonds is 17. The van der Waals surface area contributed by atoms with E-state index in [9.17, 15) is 0 Å². The molecule has 0 aromatic heterocycles. The molecule has 1 saturated heterocycles. The molecule has 0 saturated carbocycles. The van der Waals surface area contributed by atoms with Crippen molar-refractivity contribution in [1.82, 2.24) is 9.80 Å². The lowest BCUT2D eigenvalue weighted by molar-refractivity contribution is -0.00000728. The van der Waals surface area contributed by atoms with Crippen LogP contribution in [-0.2, 0) is 0 Å². The van der Waals surface area contributed by atoms with Gasteiger partial charge in [0.15, 0.2) is 11.4 Å². The number of allylic oxidation sites excluding steroid dienone is 10. The fraction of sp³-hybridized carbons (Fsp3) is 0.636. The van der Waals surface area contributed by atoms with Gasteiger partial charge in [-0.25, -0.2) is 0 Å².